The van der Waals surface area contributed by atoms with E-state index in [1.54, 1.807) is 11.3 Å². The van der Waals surface area contributed by atoms with Gasteiger partial charge in [-0.15, -0.1) is 11.3 Å². The number of rotatable bonds is 4. The van der Waals surface area contributed by atoms with Gasteiger partial charge in [-0.05, 0) is 42.0 Å². The number of thiophene rings is 1. The SMILES string of the molecule is N=C(N)c1ccc(-c2ccc(-c3cnc4ccc(C(=N)N)cc4c3)s2)cc1. The van der Waals surface area contributed by atoms with Crippen molar-refractivity contribution < 1.29 is 0 Å². The smallest absolute Gasteiger partial charge is 0.122 e. The fourth-order valence-corrected chi connectivity index (χ4v) is 3.89. The van der Waals surface area contributed by atoms with Crippen LogP contribution >= 0.6 is 11.3 Å². The topological polar surface area (TPSA) is 113 Å². The normalized spacial score (nSPS) is 10.8. The molecule has 0 fully saturated rings. The summed E-state index contributed by atoms with van der Waals surface area (Å²) in [5.74, 6) is 0.121. The molecule has 0 atom stereocenters. The molecule has 4 rings (SSSR count). The zero-order chi connectivity index (χ0) is 19.0. The van der Waals surface area contributed by atoms with Crippen LogP contribution in [0.4, 0.5) is 0 Å². The second-order valence-corrected chi connectivity index (χ2v) is 7.28. The Bertz CT molecular complexity index is 1170. The molecule has 6 N–H and O–H groups in total. The lowest BCUT2D eigenvalue weighted by molar-refractivity contribution is 1.40. The summed E-state index contributed by atoms with van der Waals surface area (Å²) < 4.78 is 0. The molecule has 0 spiro atoms. The number of benzene rings is 2. The van der Waals surface area contributed by atoms with Crippen molar-refractivity contribution in [3.05, 3.63) is 78.0 Å². The van der Waals surface area contributed by atoms with E-state index in [-0.39, 0.29) is 11.7 Å². The molecule has 0 saturated heterocycles. The van der Waals surface area contributed by atoms with Crippen LogP contribution in [-0.4, -0.2) is 16.7 Å². The van der Waals surface area contributed by atoms with E-state index in [0.29, 0.717) is 5.56 Å². The van der Waals surface area contributed by atoms with Crippen molar-refractivity contribution in [2.75, 3.05) is 0 Å². The van der Waals surface area contributed by atoms with Gasteiger partial charge in [0.05, 0.1) is 5.52 Å². The summed E-state index contributed by atoms with van der Waals surface area (Å²) in [6.07, 6.45) is 1.87. The van der Waals surface area contributed by atoms with Crippen LogP contribution in [0.25, 0.3) is 31.8 Å². The number of fused-ring (bicyclic) bond motifs is 1. The molecule has 0 radical (unpaired) electrons. The van der Waals surface area contributed by atoms with Crippen LogP contribution in [0.5, 0.6) is 0 Å². The lowest BCUT2D eigenvalue weighted by Gasteiger charge is -2.04. The number of amidine groups is 2. The lowest BCUT2D eigenvalue weighted by Crippen LogP contribution is -2.10. The molecular weight excluding hydrogens is 354 g/mol. The summed E-state index contributed by atoms with van der Waals surface area (Å²) in [5, 5.41) is 16.1. The third-order valence-corrected chi connectivity index (χ3v) is 5.55. The van der Waals surface area contributed by atoms with Gasteiger partial charge in [0.15, 0.2) is 0 Å². The lowest BCUT2D eigenvalue weighted by atomic mass is 10.1. The fraction of sp³-hybridized carbons (Fsp3) is 0. The van der Waals surface area contributed by atoms with E-state index < -0.39 is 0 Å². The van der Waals surface area contributed by atoms with E-state index in [2.05, 4.69) is 23.2 Å². The highest BCUT2D eigenvalue weighted by Gasteiger charge is 2.08. The van der Waals surface area contributed by atoms with Gasteiger partial charge in [0.25, 0.3) is 0 Å². The van der Waals surface area contributed by atoms with Gasteiger partial charge in [-0.2, -0.15) is 0 Å². The summed E-state index contributed by atoms with van der Waals surface area (Å²) >= 11 is 1.68. The molecule has 0 amide bonds. The van der Waals surface area contributed by atoms with Crippen LogP contribution in [0, 0.1) is 10.8 Å². The second-order valence-electron chi connectivity index (χ2n) is 6.20. The van der Waals surface area contributed by atoms with Crippen molar-refractivity contribution in [3.8, 4) is 20.9 Å². The van der Waals surface area contributed by atoms with Gasteiger partial charge in [-0.25, -0.2) is 0 Å². The van der Waals surface area contributed by atoms with Crippen molar-refractivity contribution in [3.63, 3.8) is 0 Å². The minimum absolute atomic E-state index is 0.0507. The quantitative estimate of drug-likeness (QED) is 0.318. The molecule has 0 bridgehead atoms. The average molecular weight is 371 g/mol. The first kappa shape index (κ1) is 16.9. The third kappa shape index (κ3) is 3.30. The number of aromatic nitrogens is 1. The fourth-order valence-electron chi connectivity index (χ4n) is 2.90. The van der Waals surface area contributed by atoms with Crippen molar-refractivity contribution >= 4 is 33.9 Å². The van der Waals surface area contributed by atoms with Gasteiger partial charge >= 0.3 is 0 Å². The van der Waals surface area contributed by atoms with Crippen LogP contribution < -0.4 is 11.5 Å². The molecule has 0 aliphatic heterocycles. The molecule has 0 saturated carbocycles. The highest BCUT2D eigenvalue weighted by molar-refractivity contribution is 7.18. The molecule has 2 aromatic heterocycles. The first-order chi connectivity index (χ1) is 13.0. The molecule has 132 valence electrons. The molecular formula is C21H17N5S. The molecule has 6 heteroatoms. The van der Waals surface area contributed by atoms with Crippen LogP contribution in [0.2, 0.25) is 0 Å². The van der Waals surface area contributed by atoms with Crippen molar-refractivity contribution in [1.29, 1.82) is 10.8 Å². The molecule has 2 heterocycles. The van der Waals surface area contributed by atoms with Crippen LogP contribution in [0.1, 0.15) is 11.1 Å². The maximum atomic E-state index is 7.61. The largest absolute Gasteiger partial charge is 0.384 e. The maximum absolute atomic E-state index is 7.61. The van der Waals surface area contributed by atoms with E-state index in [1.165, 1.54) is 0 Å². The van der Waals surface area contributed by atoms with Gasteiger partial charge < -0.3 is 11.5 Å². The van der Waals surface area contributed by atoms with Gasteiger partial charge in [0.1, 0.15) is 11.7 Å². The second kappa shape index (κ2) is 6.66. The molecule has 5 nitrogen and oxygen atoms in total. The molecule has 0 aliphatic carbocycles. The Kier molecular flexibility index (Phi) is 4.18. The zero-order valence-corrected chi connectivity index (χ0v) is 15.2. The summed E-state index contributed by atoms with van der Waals surface area (Å²) in [4.78, 5) is 6.78. The first-order valence-electron chi connectivity index (χ1n) is 8.30. The Morgan fingerprint density at radius 1 is 0.741 bits per heavy atom. The zero-order valence-electron chi connectivity index (χ0n) is 14.4. The summed E-state index contributed by atoms with van der Waals surface area (Å²) in [5.41, 5.74) is 15.5. The summed E-state index contributed by atoms with van der Waals surface area (Å²) in [6.45, 7) is 0. The minimum Gasteiger partial charge on any atom is -0.384 e. The van der Waals surface area contributed by atoms with Crippen LogP contribution in [-0.2, 0) is 0 Å². The van der Waals surface area contributed by atoms with Gasteiger partial charge in [-0.3, -0.25) is 15.8 Å². The van der Waals surface area contributed by atoms with Gasteiger partial charge in [-0.1, -0.05) is 24.3 Å². The molecule has 2 aromatic carbocycles. The van der Waals surface area contributed by atoms with E-state index in [4.69, 9.17) is 22.3 Å². The van der Waals surface area contributed by atoms with E-state index in [0.717, 1.165) is 37.3 Å². The van der Waals surface area contributed by atoms with E-state index >= 15 is 0 Å². The molecule has 4 aromatic rings. The van der Waals surface area contributed by atoms with Crippen molar-refractivity contribution in [2.45, 2.75) is 0 Å². The molecule has 0 aliphatic rings. The predicted molar refractivity (Wildman–Crippen MR) is 113 cm³/mol. The minimum atomic E-state index is 0.0507. The average Bonchev–Trinajstić information content (AvgIpc) is 3.17. The predicted octanol–water partition coefficient (Wildman–Crippen LogP) is 4.20. The van der Waals surface area contributed by atoms with Gasteiger partial charge in [0, 0.05) is 38.0 Å². The number of nitrogens with two attached hydrogens (primary N) is 2. The number of hydrogen-bond donors (Lipinski definition) is 4. The number of hydrogen-bond acceptors (Lipinski definition) is 4. The van der Waals surface area contributed by atoms with Crippen LogP contribution in [0.15, 0.2) is 66.9 Å². The molecule has 27 heavy (non-hydrogen) atoms. The van der Waals surface area contributed by atoms with Crippen molar-refractivity contribution in [2.24, 2.45) is 11.5 Å². The Labute approximate surface area is 160 Å². The Balaban J connectivity index is 1.69. The first-order valence-corrected chi connectivity index (χ1v) is 9.12. The highest BCUT2D eigenvalue weighted by Crippen LogP contribution is 2.35. The summed E-state index contributed by atoms with van der Waals surface area (Å²) in [6, 6.07) is 19.5. The number of nitrogen functional groups attached to an aromatic ring is 2. The highest BCUT2D eigenvalue weighted by atomic mass is 32.1. The third-order valence-electron chi connectivity index (χ3n) is 4.36. The number of pyridine rings is 1. The Hall–Kier alpha value is -3.51. The van der Waals surface area contributed by atoms with E-state index in [9.17, 15) is 0 Å². The Morgan fingerprint density at radius 2 is 1.37 bits per heavy atom. The summed E-state index contributed by atoms with van der Waals surface area (Å²) in [7, 11) is 0. The van der Waals surface area contributed by atoms with E-state index in [1.807, 2.05) is 48.7 Å². The van der Waals surface area contributed by atoms with Gasteiger partial charge in [0.2, 0.25) is 0 Å². The number of nitrogens with zero attached hydrogens (tertiary/aromatic N) is 1. The Morgan fingerprint density at radius 3 is 2.04 bits per heavy atom. The number of nitrogens with one attached hydrogen (secondary N) is 2. The molecule has 0 unspecified atom stereocenters. The maximum Gasteiger partial charge on any atom is 0.122 e. The van der Waals surface area contributed by atoms with Crippen LogP contribution in [0.3, 0.4) is 0 Å². The van der Waals surface area contributed by atoms with Crippen molar-refractivity contribution in [1.82, 2.24) is 4.98 Å². The standard InChI is InChI=1S/C21H17N5S/c22-20(23)13-3-1-12(2-4-13)18-7-8-19(27-18)16-10-15-9-14(21(24)25)5-6-17(15)26-11-16/h1-11H,(H3,22,23)(H3,24,25). The monoisotopic (exact) mass is 371 g/mol.